The monoisotopic (exact) mass is 496 g/mol. The molecule has 4 rings (SSSR count). The van der Waals surface area contributed by atoms with E-state index in [1.54, 1.807) is 55.5 Å². The number of aryl methyl sites for hydroxylation is 1. The van der Waals surface area contributed by atoms with E-state index in [2.05, 4.69) is 20.7 Å². The van der Waals surface area contributed by atoms with Crippen LogP contribution in [0.1, 0.15) is 38.3 Å². The standard InChI is InChI=1S/C24H25ClN6O4/c1-15-7-12-19(35-15)22-27-29-30(28-22)14-20(32)31(17-10-8-16(25)9-11-17)21(18-6-5-13-34-18)23(33)26-24(2,3)4/h5-13,21H,14H2,1-4H3,(H,26,33). The van der Waals surface area contributed by atoms with Gasteiger partial charge in [0.05, 0.1) is 6.26 Å². The molecule has 4 aromatic rings. The first-order chi connectivity index (χ1) is 16.6. The number of nitrogens with zero attached hydrogens (tertiary/aromatic N) is 5. The zero-order chi connectivity index (χ0) is 25.2. The van der Waals surface area contributed by atoms with Gasteiger partial charge in [-0.05, 0) is 81.4 Å². The van der Waals surface area contributed by atoms with Gasteiger partial charge in [0, 0.05) is 16.2 Å². The molecule has 0 aliphatic heterocycles. The SMILES string of the molecule is Cc1ccc(-c2nnn(CC(=O)N(c3ccc(Cl)cc3)C(C(=O)NC(C)(C)C)c3ccco3)n2)o1. The summed E-state index contributed by atoms with van der Waals surface area (Å²) in [5, 5.41) is 15.6. The number of tetrazole rings is 1. The van der Waals surface area contributed by atoms with Gasteiger partial charge in [-0.15, -0.1) is 10.2 Å². The summed E-state index contributed by atoms with van der Waals surface area (Å²) in [6.45, 7) is 7.09. The summed E-state index contributed by atoms with van der Waals surface area (Å²) >= 11 is 6.07. The Kier molecular flexibility index (Phi) is 6.74. The summed E-state index contributed by atoms with van der Waals surface area (Å²) in [6, 6.07) is 12.3. The Bertz CT molecular complexity index is 1300. The summed E-state index contributed by atoms with van der Waals surface area (Å²) in [4.78, 5) is 29.6. The van der Waals surface area contributed by atoms with Crippen LogP contribution in [0.25, 0.3) is 11.6 Å². The number of hydrogen-bond donors (Lipinski definition) is 1. The number of carbonyl (C=O) groups is 2. The number of halogens is 1. The summed E-state index contributed by atoms with van der Waals surface area (Å²) in [5.74, 6) is 0.818. The molecule has 0 fully saturated rings. The van der Waals surface area contributed by atoms with Gasteiger partial charge in [0.1, 0.15) is 18.1 Å². The average molecular weight is 497 g/mol. The van der Waals surface area contributed by atoms with E-state index in [-0.39, 0.29) is 12.4 Å². The minimum Gasteiger partial charge on any atom is -0.467 e. The van der Waals surface area contributed by atoms with Crippen LogP contribution in [0, 0.1) is 6.92 Å². The number of nitrogens with one attached hydrogen (secondary N) is 1. The summed E-state index contributed by atoms with van der Waals surface area (Å²) < 4.78 is 11.1. The molecule has 10 nitrogen and oxygen atoms in total. The lowest BCUT2D eigenvalue weighted by atomic mass is 10.1. The molecular formula is C24H25ClN6O4. The van der Waals surface area contributed by atoms with Gasteiger partial charge in [0.15, 0.2) is 11.8 Å². The maximum Gasteiger partial charge on any atom is 0.251 e. The van der Waals surface area contributed by atoms with E-state index in [0.717, 1.165) is 4.80 Å². The molecule has 0 spiro atoms. The third kappa shape index (κ3) is 5.78. The minimum atomic E-state index is -1.09. The smallest absolute Gasteiger partial charge is 0.251 e. The fraction of sp³-hybridized carbons (Fsp3) is 0.292. The van der Waals surface area contributed by atoms with Gasteiger partial charge in [0.2, 0.25) is 5.82 Å². The number of rotatable bonds is 7. The zero-order valence-electron chi connectivity index (χ0n) is 19.7. The lowest BCUT2D eigenvalue weighted by molar-refractivity contribution is -0.128. The fourth-order valence-electron chi connectivity index (χ4n) is 3.46. The second-order valence-electron chi connectivity index (χ2n) is 8.95. The Morgan fingerprint density at radius 3 is 2.49 bits per heavy atom. The van der Waals surface area contributed by atoms with Gasteiger partial charge in [-0.25, -0.2) is 0 Å². The molecule has 1 N–H and O–H groups in total. The molecule has 11 heteroatoms. The van der Waals surface area contributed by atoms with Gasteiger partial charge in [-0.2, -0.15) is 4.80 Å². The molecule has 182 valence electrons. The van der Waals surface area contributed by atoms with E-state index in [1.165, 1.54) is 11.2 Å². The molecule has 0 radical (unpaired) electrons. The summed E-state index contributed by atoms with van der Waals surface area (Å²) in [6.07, 6.45) is 1.45. The highest BCUT2D eigenvalue weighted by atomic mass is 35.5. The Morgan fingerprint density at radius 2 is 1.89 bits per heavy atom. The summed E-state index contributed by atoms with van der Waals surface area (Å²) in [7, 11) is 0. The third-order valence-corrected chi connectivity index (χ3v) is 5.13. The van der Waals surface area contributed by atoms with E-state index < -0.39 is 23.4 Å². The van der Waals surface area contributed by atoms with Crippen molar-refractivity contribution in [2.45, 2.75) is 45.8 Å². The van der Waals surface area contributed by atoms with E-state index in [4.69, 9.17) is 20.4 Å². The number of benzene rings is 1. The number of amides is 2. The van der Waals surface area contributed by atoms with E-state index in [1.807, 2.05) is 20.8 Å². The molecule has 0 saturated heterocycles. The maximum atomic E-state index is 13.7. The van der Waals surface area contributed by atoms with Crippen LogP contribution >= 0.6 is 11.6 Å². The first kappa shape index (κ1) is 24.2. The van der Waals surface area contributed by atoms with Gasteiger partial charge in [0.25, 0.3) is 11.8 Å². The normalized spacial score (nSPS) is 12.4. The van der Waals surface area contributed by atoms with Gasteiger partial charge >= 0.3 is 0 Å². The second-order valence-corrected chi connectivity index (χ2v) is 9.39. The van der Waals surface area contributed by atoms with Crippen molar-refractivity contribution in [3.8, 4) is 11.6 Å². The number of carbonyl (C=O) groups excluding carboxylic acids is 2. The Hall–Kier alpha value is -3.92. The molecule has 1 atom stereocenters. The molecule has 35 heavy (non-hydrogen) atoms. The van der Waals surface area contributed by atoms with Crippen LogP contribution in [-0.4, -0.2) is 37.6 Å². The first-order valence-corrected chi connectivity index (χ1v) is 11.3. The van der Waals surface area contributed by atoms with Crippen molar-refractivity contribution in [3.05, 3.63) is 71.3 Å². The van der Waals surface area contributed by atoms with E-state index in [0.29, 0.717) is 28.0 Å². The maximum absolute atomic E-state index is 13.7. The van der Waals surface area contributed by atoms with E-state index >= 15 is 0 Å². The predicted octanol–water partition coefficient (Wildman–Crippen LogP) is 4.18. The second kappa shape index (κ2) is 9.75. The topological polar surface area (TPSA) is 119 Å². The summed E-state index contributed by atoms with van der Waals surface area (Å²) in [5.41, 5.74) is -0.0907. The Balaban J connectivity index is 1.70. The van der Waals surface area contributed by atoms with Crippen LogP contribution < -0.4 is 10.2 Å². The van der Waals surface area contributed by atoms with Crippen LogP contribution in [0.15, 0.2) is 63.6 Å². The van der Waals surface area contributed by atoms with Crippen molar-refractivity contribution in [3.63, 3.8) is 0 Å². The van der Waals surface area contributed by atoms with Crippen LogP contribution in [0.5, 0.6) is 0 Å². The molecule has 1 unspecified atom stereocenters. The third-order valence-electron chi connectivity index (χ3n) is 4.88. The lowest BCUT2D eigenvalue weighted by Crippen LogP contribution is -2.50. The molecule has 3 aromatic heterocycles. The molecule has 0 aliphatic carbocycles. The Labute approximate surface area is 206 Å². The minimum absolute atomic E-state index is 0.247. The number of furan rings is 2. The molecule has 1 aromatic carbocycles. The van der Waals surface area contributed by atoms with Crippen LogP contribution in [0.2, 0.25) is 5.02 Å². The largest absolute Gasteiger partial charge is 0.467 e. The van der Waals surface area contributed by atoms with Gasteiger partial charge < -0.3 is 14.2 Å². The van der Waals surface area contributed by atoms with Crippen molar-refractivity contribution >= 4 is 29.1 Å². The highest BCUT2D eigenvalue weighted by Gasteiger charge is 2.36. The van der Waals surface area contributed by atoms with Crippen molar-refractivity contribution < 1.29 is 18.4 Å². The Morgan fingerprint density at radius 1 is 1.14 bits per heavy atom. The first-order valence-electron chi connectivity index (χ1n) is 10.9. The number of hydrogen-bond acceptors (Lipinski definition) is 7. The van der Waals surface area contributed by atoms with Gasteiger partial charge in [-0.3, -0.25) is 14.5 Å². The molecular weight excluding hydrogens is 472 g/mol. The number of aromatic nitrogens is 4. The van der Waals surface area contributed by atoms with Crippen molar-refractivity contribution in [2.24, 2.45) is 0 Å². The molecule has 3 heterocycles. The number of anilines is 1. The van der Waals surface area contributed by atoms with Crippen LogP contribution in [-0.2, 0) is 16.1 Å². The van der Waals surface area contributed by atoms with E-state index in [9.17, 15) is 9.59 Å². The van der Waals surface area contributed by atoms with Gasteiger partial charge in [-0.1, -0.05) is 11.6 Å². The quantitative estimate of drug-likeness (QED) is 0.407. The molecule has 0 aliphatic rings. The van der Waals surface area contributed by atoms with Crippen molar-refractivity contribution in [1.29, 1.82) is 0 Å². The van der Waals surface area contributed by atoms with Crippen molar-refractivity contribution in [1.82, 2.24) is 25.5 Å². The molecule has 0 bridgehead atoms. The van der Waals surface area contributed by atoms with Crippen molar-refractivity contribution in [2.75, 3.05) is 4.90 Å². The highest BCUT2D eigenvalue weighted by molar-refractivity contribution is 6.30. The fourth-order valence-corrected chi connectivity index (χ4v) is 3.58. The van der Waals surface area contributed by atoms with Crippen LogP contribution in [0.4, 0.5) is 5.69 Å². The van der Waals surface area contributed by atoms with Crippen LogP contribution in [0.3, 0.4) is 0 Å². The molecule has 2 amide bonds. The molecule has 0 saturated carbocycles. The predicted molar refractivity (Wildman–Crippen MR) is 129 cm³/mol. The highest BCUT2D eigenvalue weighted by Crippen LogP contribution is 2.30. The average Bonchev–Trinajstić information content (AvgIpc) is 3.53. The zero-order valence-corrected chi connectivity index (χ0v) is 20.5. The lowest BCUT2D eigenvalue weighted by Gasteiger charge is -2.32.